The lowest BCUT2D eigenvalue weighted by Crippen LogP contribution is -1.96. The van der Waals surface area contributed by atoms with E-state index in [1.54, 1.807) is 6.92 Å². The van der Waals surface area contributed by atoms with Crippen LogP contribution < -0.4 is 0 Å². The molecule has 0 saturated heterocycles. The van der Waals surface area contributed by atoms with Gasteiger partial charge in [-0.2, -0.15) is 0 Å². The van der Waals surface area contributed by atoms with Gasteiger partial charge >= 0.3 is 5.97 Å². The van der Waals surface area contributed by atoms with Crippen molar-refractivity contribution in [1.82, 2.24) is 4.98 Å². The molecule has 0 spiro atoms. The van der Waals surface area contributed by atoms with Crippen molar-refractivity contribution in [2.45, 2.75) is 25.7 Å². The minimum atomic E-state index is -0.962. The van der Waals surface area contributed by atoms with Crippen LogP contribution in [0.5, 0.6) is 0 Å². The maximum Gasteiger partial charge on any atom is 0.339 e. The molecule has 4 nitrogen and oxygen atoms in total. The normalized spacial score (nSPS) is 14.4. The Kier molecular flexibility index (Phi) is 2.79. The van der Waals surface area contributed by atoms with Crippen LogP contribution >= 0.6 is 0 Å². The fourth-order valence-corrected chi connectivity index (χ4v) is 2.86. The second-order valence-corrected chi connectivity index (χ2v) is 5.80. The highest BCUT2D eigenvalue weighted by atomic mass is 16.4. The van der Waals surface area contributed by atoms with Gasteiger partial charge in [0, 0.05) is 28.8 Å². The fourth-order valence-electron chi connectivity index (χ4n) is 2.86. The second kappa shape index (κ2) is 4.70. The van der Waals surface area contributed by atoms with Gasteiger partial charge in [0.2, 0.25) is 0 Å². The van der Waals surface area contributed by atoms with Crippen molar-refractivity contribution >= 4 is 16.9 Å². The van der Waals surface area contributed by atoms with Crippen molar-refractivity contribution in [1.29, 1.82) is 0 Å². The Hall–Kier alpha value is -2.62. The minimum Gasteiger partial charge on any atom is -0.478 e. The first kappa shape index (κ1) is 13.1. The van der Waals surface area contributed by atoms with Crippen molar-refractivity contribution in [2.24, 2.45) is 0 Å². The van der Waals surface area contributed by atoms with Crippen LogP contribution in [0.4, 0.5) is 0 Å². The van der Waals surface area contributed by atoms with E-state index in [1.807, 2.05) is 24.4 Å². The zero-order valence-electron chi connectivity index (χ0n) is 12.2. The van der Waals surface area contributed by atoms with Crippen LogP contribution in [-0.2, 0) is 0 Å². The van der Waals surface area contributed by atoms with Crippen molar-refractivity contribution in [3.8, 4) is 11.1 Å². The molecule has 3 aromatic rings. The summed E-state index contributed by atoms with van der Waals surface area (Å²) in [5, 5.41) is 9.98. The number of hydrogen-bond acceptors (Lipinski definition) is 3. The summed E-state index contributed by atoms with van der Waals surface area (Å²) in [6.45, 7) is 1.68. The number of carbonyl (C=O) groups is 1. The summed E-state index contributed by atoms with van der Waals surface area (Å²) < 4.78 is 5.51. The SMILES string of the molecule is Cc1oc2ccc(-c3ccc(C4CC4)nc3)cc2c1C(=O)O. The summed E-state index contributed by atoms with van der Waals surface area (Å²) in [7, 11) is 0. The lowest BCUT2D eigenvalue weighted by atomic mass is 10.0. The summed E-state index contributed by atoms with van der Waals surface area (Å²) >= 11 is 0. The topological polar surface area (TPSA) is 63.3 Å². The van der Waals surface area contributed by atoms with Crippen molar-refractivity contribution in [2.75, 3.05) is 0 Å². The maximum atomic E-state index is 11.4. The van der Waals surface area contributed by atoms with Gasteiger partial charge in [-0.05, 0) is 43.5 Å². The number of benzene rings is 1. The largest absolute Gasteiger partial charge is 0.478 e. The summed E-state index contributed by atoms with van der Waals surface area (Å²) in [6, 6.07) is 9.73. The first-order valence-corrected chi connectivity index (χ1v) is 7.36. The Morgan fingerprint density at radius 2 is 2.00 bits per heavy atom. The number of pyridine rings is 1. The predicted molar refractivity (Wildman–Crippen MR) is 83.1 cm³/mol. The molecule has 0 atom stereocenters. The van der Waals surface area contributed by atoms with Crippen molar-refractivity contribution < 1.29 is 14.3 Å². The van der Waals surface area contributed by atoms with Crippen LogP contribution in [0.1, 0.15) is 40.6 Å². The van der Waals surface area contributed by atoms with E-state index < -0.39 is 5.97 Å². The van der Waals surface area contributed by atoms with Crippen LogP contribution in [-0.4, -0.2) is 16.1 Å². The molecule has 1 fully saturated rings. The van der Waals surface area contributed by atoms with E-state index in [-0.39, 0.29) is 5.56 Å². The molecular weight excluding hydrogens is 278 g/mol. The molecule has 2 aromatic heterocycles. The molecule has 1 saturated carbocycles. The third kappa shape index (κ3) is 2.08. The maximum absolute atomic E-state index is 11.4. The van der Waals surface area contributed by atoms with Crippen LogP contribution in [0.25, 0.3) is 22.1 Å². The highest BCUT2D eigenvalue weighted by Gasteiger charge is 2.24. The van der Waals surface area contributed by atoms with E-state index in [0.717, 1.165) is 16.8 Å². The summed E-state index contributed by atoms with van der Waals surface area (Å²) in [5.74, 6) is 0.101. The fraction of sp³-hybridized carbons (Fsp3) is 0.222. The van der Waals surface area contributed by atoms with E-state index in [2.05, 4.69) is 17.1 Å². The molecule has 0 bridgehead atoms. The molecule has 1 aromatic carbocycles. The van der Waals surface area contributed by atoms with Gasteiger partial charge in [-0.25, -0.2) is 4.79 Å². The van der Waals surface area contributed by atoms with Crippen LogP contribution in [0.15, 0.2) is 40.9 Å². The predicted octanol–water partition coefficient (Wildman–Crippen LogP) is 4.38. The average Bonchev–Trinajstić information content (AvgIpc) is 3.29. The van der Waals surface area contributed by atoms with Gasteiger partial charge in [0.15, 0.2) is 0 Å². The molecule has 4 rings (SSSR count). The van der Waals surface area contributed by atoms with Gasteiger partial charge in [0.05, 0.1) is 0 Å². The number of aryl methyl sites for hydroxylation is 1. The lowest BCUT2D eigenvalue weighted by molar-refractivity contribution is 0.0697. The van der Waals surface area contributed by atoms with Crippen LogP contribution in [0.2, 0.25) is 0 Å². The van der Waals surface area contributed by atoms with Gasteiger partial charge in [0.1, 0.15) is 16.9 Å². The quantitative estimate of drug-likeness (QED) is 0.778. The van der Waals surface area contributed by atoms with Gasteiger partial charge < -0.3 is 9.52 Å². The molecule has 22 heavy (non-hydrogen) atoms. The number of aromatic carboxylic acids is 1. The van der Waals surface area contributed by atoms with E-state index in [0.29, 0.717) is 22.6 Å². The molecular formula is C18H15NO3. The van der Waals surface area contributed by atoms with E-state index in [1.165, 1.54) is 12.8 Å². The number of hydrogen-bond donors (Lipinski definition) is 1. The first-order valence-electron chi connectivity index (χ1n) is 7.36. The minimum absolute atomic E-state index is 0.236. The van der Waals surface area contributed by atoms with Crippen molar-refractivity contribution in [3.63, 3.8) is 0 Å². The standard InChI is InChI=1S/C18H15NO3/c1-10-17(18(20)21)14-8-12(5-7-16(14)22-10)13-4-6-15(19-9-13)11-2-3-11/h4-9,11H,2-3H2,1H3,(H,20,21). The average molecular weight is 293 g/mol. The molecule has 1 aliphatic rings. The molecule has 0 amide bonds. The highest BCUT2D eigenvalue weighted by molar-refractivity contribution is 6.04. The Balaban J connectivity index is 1.81. The van der Waals surface area contributed by atoms with Gasteiger partial charge in [0.25, 0.3) is 0 Å². The van der Waals surface area contributed by atoms with Crippen LogP contribution in [0, 0.1) is 6.92 Å². The van der Waals surface area contributed by atoms with Crippen LogP contribution in [0.3, 0.4) is 0 Å². The molecule has 4 heteroatoms. The number of carboxylic acids is 1. The summed E-state index contributed by atoms with van der Waals surface area (Å²) in [5.41, 5.74) is 3.92. The molecule has 2 heterocycles. The molecule has 0 aliphatic heterocycles. The number of furan rings is 1. The van der Waals surface area contributed by atoms with E-state index in [9.17, 15) is 9.90 Å². The number of aromatic nitrogens is 1. The first-order chi connectivity index (χ1) is 10.6. The van der Waals surface area contributed by atoms with Gasteiger partial charge in [-0.3, -0.25) is 4.98 Å². The Morgan fingerprint density at radius 1 is 1.23 bits per heavy atom. The Bertz CT molecular complexity index is 873. The number of rotatable bonds is 3. The zero-order valence-corrected chi connectivity index (χ0v) is 12.2. The zero-order chi connectivity index (χ0) is 15.3. The number of carboxylic acid groups (broad SMARTS) is 1. The van der Waals surface area contributed by atoms with Crippen molar-refractivity contribution in [3.05, 3.63) is 53.5 Å². The number of fused-ring (bicyclic) bond motifs is 1. The van der Waals surface area contributed by atoms with E-state index >= 15 is 0 Å². The Labute approximate surface area is 127 Å². The molecule has 0 radical (unpaired) electrons. The van der Waals surface area contributed by atoms with E-state index in [4.69, 9.17) is 4.42 Å². The molecule has 1 N–H and O–H groups in total. The molecule has 0 unspecified atom stereocenters. The highest BCUT2D eigenvalue weighted by Crippen LogP contribution is 2.39. The monoisotopic (exact) mass is 293 g/mol. The summed E-state index contributed by atoms with van der Waals surface area (Å²) in [4.78, 5) is 15.9. The third-order valence-corrected chi connectivity index (χ3v) is 4.19. The van der Waals surface area contributed by atoms with Gasteiger partial charge in [-0.1, -0.05) is 12.1 Å². The molecule has 1 aliphatic carbocycles. The lowest BCUT2D eigenvalue weighted by Gasteiger charge is -2.03. The Morgan fingerprint density at radius 3 is 2.64 bits per heavy atom. The third-order valence-electron chi connectivity index (χ3n) is 4.19. The molecule has 110 valence electrons. The smallest absolute Gasteiger partial charge is 0.339 e. The number of nitrogens with zero attached hydrogens (tertiary/aromatic N) is 1. The summed E-state index contributed by atoms with van der Waals surface area (Å²) in [6.07, 6.45) is 4.32. The van der Waals surface area contributed by atoms with Gasteiger partial charge in [-0.15, -0.1) is 0 Å². The second-order valence-electron chi connectivity index (χ2n) is 5.80.